The lowest BCUT2D eigenvalue weighted by molar-refractivity contribution is 0.120. The number of hydrogen-bond donors (Lipinski definition) is 0. The highest BCUT2D eigenvalue weighted by atomic mass is 16.5. The molecule has 0 heterocycles. The molecule has 0 rings (SSSR count). The van der Waals surface area contributed by atoms with Gasteiger partial charge in [0, 0.05) is 7.11 Å². The van der Waals surface area contributed by atoms with Crippen LogP contribution in [0, 0.1) is 0 Å². The van der Waals surface area contributed by atoms with Crippen LogP contribution in [-0.2, 0) is 4.74 Å². The second-order valence-corrected chi connectivity index (χ2v) is 1.79. The third kappa shape index (κ3) is 5.17. The van der Waals surface area contributed by atoms with Crippen LogP contribution in [0.1, 0.15) is 13.8 Å². The Morgan fingerprint density at radius 3 is 2.56 bits per heavy atom. The lowest BCUT2D eigenvalue weighted by Crippen LogP contribution is -1.97. The molecule has 0 aliphatic rings. The fourth-order valence-corrected chi connectivity index (χ4v) is 0.227. The lowest BCUT2D eigenvalue weighted by atomic mass is 10.6. The highest BCUT2D eigenvalue weighted by Gasteiger charge is 1.90. The van der Waals surface area contributed by atoms with Crippen molar-refractivity contribution in [2.75, 3.05) is 7.11 Å². The molecule has 0 aromatic rings. The van der Waals surface area contributed by atoms with Crippen LogP contribution in [0.3, 0.4) is 0 Å². The normalized spacial score (nSPS) is 14.1. The summed E-state index contributed by atoms with van der Waals surface area (Å²) in [5, 5.41) is 7.45. The van der Waals surface area contributed by atoms with Crippen molar-refractivity contribution in [2.24, 2.45) is 10.2 Å². The van der Waals surface area contributed by atoms with Crippen LogP contribution < -0.4 is 0 Å². The molecule has 3 nitrogen and oxygen atoms in total. The number of allylic oxidation sites excluding steroid dienone is 1. The van der Waals surface area contributed by atoms with E-state index in [0.29, 0.717) is 5.70 Å². The van der Waals surface area contributed by atoms with Gasteiger partial charge in [-0.05, 0) is 13.8 Å². The Morgan fingerprint density at radius 2 is 2.22 bits per heavy atom. The van der Waals surface area contributed by atoms with E-state index in [9.17, 15) is 0 Å². The van der Waals surface area contributed by atoms with Gasteiger partial charge >= 0.3 is 0 Å². The molecule has 1 atom stereocenters. The molecule has 0 N–H and O–H groups in total. The molecule has 9 heavy (non-hydrogen) atoms. The predicted octanol–water partition coefficient (Wildman–Crippen LogP) is 1.96. The van der Waals surface area contributed by atoms with Gasteiger partial charge in [0.15, 0.2) is 6.23 Å². The smallest absolute Gasteiger partial charge is 0.165 e. The Morgan fingerprint density at radius 1 is 1.67 bits per heavy atom. The minimum absolute atomic E-state index is 0.165. The summed E-state index contributed by atoms with van der Waals surface area (Å²) in [6.45, 7) is 7.14. The summed E-state index contributed by atoms with van der Waals surface area (Å²) in [6, 6.07) is 0. The molecule has 0 amide bonds. The van der Waals surface area contributed by atoms with Crippen molar-refractivity contribution in [3.63, 3.8) is 0 Å². The van der Waals surface area contributed by atoms with Gasteiger partial charge in [-0.1, -0.05) is 6.58 Å². The first-order chi connectivity index (χ1) is 4.16. The van der Waals surface area contributed by atoms with Crippen molar-refractivity contribution >= 4 is 0 Å². The van der Waals surface area contributed by atoms with Gasteiger partial charge in [-0.3, -0.25) is 0 Å². The van der Waals surface area contributed by atoms with E-state index in [1.807, 2.05) is 6.92 Å². The van der Waals surface area contributed by atoms with Crippen molar-refractivity contribution in [3.05, 3.63) is 12.3 Å². The van der Waals surface area contributed by atoms with Gasteiger partial charge in [-0.2, -0.15) is 10.2 Å². The van der Waals surface area contributed by atoms with E-state index in [1.54, 1.807) is 14.0 Å². The van der Waals surface area contributed by atoms with Gasteiger partial charge in [-0.15, -0.1) is 0 Å². The maximum Gasteiger partial charge on any atom is 0.165 e. The van der Waals surface area contributed by atoms with Gasteiger partial charge in [0.1, 0.15) is 0 Å². The molecular formula is C6H12N2O. The molecule has 0 aromatic carbocycles. The van der Waals surface area contributed by atoms with Crippen LogP contribution >= 0.6 is 0 Å². The number of methoxy groups -OCH3 is 1. The van der Waals surface area contributed by atoms with Crippen molar-refractivity contribution in [1.82, 2.24) is 0 Å². The topological polar surface area (TPSA) is 34.0 Å². The Kier molecular flexibility index (Phi) is 3.88. The molecule has 0 fully saturated rings. The van der Waals surface area contributed by atoms with E-state index in [4.69, 9.17) is 4.74 Å². The van der Waals surface area contributed by atoms with Crippen LogP contribution in [0.5, 0.6) is 0 Å². The number of rotatable bonds is 3. The summed E-state index contributed by atoms with van der Waals surface area (Å²) in [5.41, 5.74) is 0.693. The average molecular weight is 128 g/mol. The Bertz CT molecular complexity index is 120. The van der Waals surface area contributed by atoms with E-state index >= 15 is 0 Å². The highest BCUT2D eigenvalue weighted by molar-refractivity contribution is 4.81. The van der Waals surface area contributed by atoms with Crippen LogP contribution in [0.4, 0.5) is 0 Å². The first-order valence-corrected chi connectivity index (χ1v) is 2.76. The molecule has 52 valence electrons. The van der Waals surface area contributed by atoms with Gasteiger partial charge in [0.05, 0.1) is 5.70 Å². The Labute approximate surface area is 55.4 Å². The maximum absolute atomic E-state index is 4.80. The maximum atomic E-state index is 4.80. The molecule has 0 saturated carbocycles. The van der Waals surface area contributed by atoms with Crippen LogP contribution in [-0.4, -0.2) is 13.3 Å². The SMILES string of the molecule is C=C(C)N=NC(C)OC. The van der Waals surface area contributed by atoms with Crippen LogP contribution in [0.15, 0.2) is 22.5 Å². The largest absolute Gasteiger partial charge is 0.358 e. The Hall–Kier alpha value is -0.700. The minimum atomic E-state index is -0.165. The molecule has 1 unspecified atom stereocenters. The summed E-state index contributed by atoms with van der Waals surface area (Å²) in [5.74, 6) is 0. The summed E-state index contributed by atoms with van der Waals surface area (Å²) < 4.78 is 4.80. The Balaban J connectivity index is 3.56. The van der Waals surface area contributed by atoms with Gasteiger partial charge in [0.2, 0.25) is 0 Å². The standard InChI is InChI=1S/C6H12N2O/c1-5(2)7-8-6(3)9-4/h6H,1H2,2-4H3. The third-order valence-corrected chi connectivity index (χ3v) is 0.732. The van der Waals surface area contributed by atoms with Crippen LogP contribution in [0.25, 0.3) is 0 Å². The first-order valence-electron chi connectivity index (χ1n) is 2.76. The van der Waals surface area contributed by atoms with E-state index in [0.717, 1.165) is 0 Å². The molecule has 0 bridgehead atoms. The first kappa shape index (κ1) is 8.30. The molecule has 0 aliphatic heterocycles. The second-order valence-electron chi connectivity index (χ2n) is 1.79. The summed E-state index contributed by atoms with van der Waals surface area (Å²) in [6.07, 6.45) is -0.165. The van der Waals surface area contributed by atoms with E-state index in [-0.39, 0.29) is 6.23 Å². The summed E-state index contributed by atoms with van der Waals surface area (Å²) in [7, 11) is 1.59. The predicted molar refractivity (Wildman–Crippen MR) is 36.1 cm³/mol. The van der Waals surface area contributed by atoms with Crippen LogP contribution in [0.2, 0.25) is 0 Å². The highest BCUT2D eigenvalue weighted by Crippen LogP contribution is 1.95. The molecule has 0 aliphatic carbocycles. The third-order valence-electron chi connectivity index (χ3n) is 0.732. The zero-order valence-corrected chi connectivity index (χ0v) is 6.09. The zero-order valence-electron chi connectivity index (χ0n) is 6.09. The van der Waals surface area contributed by atoms with E-state index in [2.05, 4.69) is 16.8 Å². The van der Waals surface area contributed by atoms with Gasteiger partial charge in [-0.25, -0.2) is 0 Å². The molecule has 3 heteroatoms. The van der Waals surface area contributed by atoms with Crippen molar-refractivity contribution in [3.8, 4) is 0 Å². The van der Waals surface area contributed by atoms with Crippen molar-refractivity contribution < 1.29 is 4.74 Å². The number of nitrogens with zero attached hydrogens (tertiary/aromatic N) is 2. The fourth-order valence-electron chi connectivity index (χ4n) is 0.227. The molecule has 0 radical (unpaired) electrons. The van der Waals surface area contributed by atoms with Crippen molar-refractivity contribution in [1.29, 1.82) is 0 Å². The monoisotopic (exact) mass is 128 g/mol. The van der Waals surface area contributed by atoms with E-state index < -0.39 is 0 Å². The van der Waals surface area contributed by atoms with Gasteiger partial charge < -0.3 is 4.74 Å². The fraction of sp³-hybridized carbons (Fsp3) is 0.667. The lowest BCUT2D eigenvalue weighted by Gasteiger charge is -1.98. The van der Waals surface area contributed by atoms with Crippen molar-refractivity contribution in [2.45, 2.75) is 20.1 Å². The molecule has 0 saturated heterocycles. The average Bonchev–Trinajstić information content (AvgIpc) is 1.83. The molecule has 0 aromatic heterocycles. The number of hydrogen-bond acceptors (Lipinski definition) is 3. The van der Waals surface area contributed by atoms with E-state index in [1.165, 1.54) is 0 Å². The molecular weight excluding hydrogens is 116 g/mol. The minimum Gasteiger partial charge on any atom is -0.358 e. The quantitative estimate of drug-likeness (QED) is 0.535. The molecule has 0 spiro atoms. The zero-order chi connectivity index (χ0) is 7.28. The number of ether oxygens (including phenoxy) is 1. The summed E-state index contributed by atoms with van der Waals surface area (Å²) >= 11 is 0. The second kappa shape index (κ2) is 4.21. The number of azo groups is 1. The summed E-state index contributed by atoms with van der Waals surface area (Å²) in [4.78, 5) is 0. The van der Waals surface area contributed by atoms with Gasteiger partial charge in [0.25, 0.3) is 0 Å².